The highest BCUT2D eigenvalue weighted by molar-refractivity contribution is 5.44. The van der Waals surface area contributed by atoms with Crippen LogP contribution in [0.3, 0.4) is 0 Å². The van der Waals surface area contributed by atoms with Crippen molar-refractivity contribution in [3.8, 4) is 11.5 Å². The van der Waals surface area contributed by atoms with Crippen LogP contribution in [0.1, 0.15) is 75.3 Å². The van der Waals surface area contributed by atoms with E-state index in [1.807, 2.05) is 12.1 Å². The SMILES string of the molecule is COc1ccc(OC)c(C(c2nnnn2C2CCCCC2)N2CCC(C)CC2)c1. The van der Waals surface area contributed by atoms with Crippen molar-refractivity contribution < 1.29 is 9.47 Å². The van der Waals surface area contributed by atoms with Crippen molar-refractivity contribution >= 4 is 0 Å². The van der Waals surface area contributed by atoms with Crippen LogP contribution >= 0.6 is 0 Å². The van der Waals surface area contributed by atoms with Gasteiger partial charge >= 0.3 is 0 Å². The Labute approximate surface area is 173 Å². The largest absolute Gasteiger partial charge is 0.497 e. The zero-order valence-electron chi connectivity index (χ0n) is 17.9. The van der Waals surface area contributed by atoms with E-state index >= 15 is 0 Å². The van der Waals surface area contributed by atoms with Gasteiger partial charge in [0, 0.05) is 5.56 Å². The highest BCUT2D eigenvalue weighted by atomic mass is 16.5. The normalized spacial score (nSPS) is 20.5. The molecule has 2 fully saturated rings. The molecule has 1 aromatic carbocycles. The number of benzene rings is 1. The first-order valence-electron chi connectivity index (χ1n) is 10.9. The lowest BCUT2D eigenvalue weighted by molar-refractivity contribution is 0.144. The molecule has 0 amide bonds. The number of likely N-dealkylation sites (tertiary alicyclic amines) is 1. The smallest absolute Gasteiger partial charge is 0.173 e. The molecule has 2 aliphatic rings. The summed E-state index contributed by atoms with van der Waals surface area (Å²) in [6, 6.07) is 6.37. The summed E-state index contributed by atoms with van der Waals surface area (Å²) in [4.78, 5) is 2.52. The summed E-state index contributed by atoms with van der Waals surface area (Å²) < 4.78 is 13.4. The first-order valence-corrected chi connectivity index (χ1v) is 10.9. The molecule has 7 heteroatoms. The molecule has 2 heterocycles. The van der Waals surface area contributed by atoms with Gasteiger partial charge in [-0.05, 0) is 73.3 Å². The van der Waals surface area contributed by atoms with Gasteiger partial charge in [0.05, 0.1) is 20.3 Å². The van der Waals surface area contributed by atoms with E-state index in [1.165, 1.54) is 32.1 Å². The highest BCUT2D eigenvalue weighted by Gasteiger charge is 2.34. The fourth-order valence-electron chi connectivity index (χ4n) is 4.81. The molecule has 1 aromatic heterocycles. The Morgan fingerprint density at radius 1 is 1.00 bits per heavy atom. The zero-order valence-corrected chi connectivity index (χ0v) is 17.9. The fourth-order valence-corrected chi connectivity index (χ4v) is 4.81. The summed E-state index contributed by atoms with van der Waals surface area (Å²) in [5.41, 5.74) is 1.08. The maximum atomic E-state index is 5.76. The van der Waals surface area contributed by atoms with Gasteiger partial charge in [-0.25, -0.2) is 4.68 Å². The molecule has 29 heavy (non-hydrogen) atoms. The minimum absolute atomic E-state index is 0.0375. The molecule has 0 N–H and O–H groups in total. The average Bonchev–Trinajstić information content (AvgIpc) is 3.25. The first-order chi connectivity index (χ1) is 14.2. The van der Waals surface area contributed by atoms with Crippen molar-refractivity contribution in [3.05, 3.63) is 29.6 Å². The van der Waals surface area contributed by atoms with E-state index in [4.69, 9.17) is 9.47 Å². The Hall–Kier alpha value is -2.15. The van der Waals surface area contributed by atoms with Crippen molar-refractivity contribution in [1.29, 1.82) is 0 Å². The second kappa shape index (κ2) is 9.11. The topological polar surface area (TPSA) is 65.3 Å². The van der Waals surface area contributed by atoms with Gasteiger partial charge in [-0.3, -0.25) is 4.90 Å². The molecular formula is C22H33N5O2. The van der Waals surface area contributed by atoms with Gasteiger partial charge < -0.3 is 9.47 Å². The van der Waals surface area contributed by atoms with Crippen LogP contribution in [0.2, 0.25) is 0 Å². The Balaban J connectivity index is 1.77. The summed E-state index contributed by atoms with van der Waals surface area (Å²) in [6.45, 7) is 4.40. The van der Waals surface area contributed by atoms with Crippen LogP contribution in [0.15, 0.2) is 18.2 Å². The third-order valence-corrected chi connectivity index (χ3v) is 6.60. The lowest BCUT2D eigenvalue weighted by Gasteiger charge is -2.37. The molecule has 2 aromatic rings. The number of methoxy groups -OCH3 is 2. The second-order valence-electron chi connectivity index (χ2n) is 8.50. The van der Waals surface area contributed by atoms with Crippen LogP contribution in [-0.2, 0) is 0 Å². The maximum Gasteiger partial charge on any atom is 0.173 e. The van der Waals surface area contributed by atoms with Crippen LogP contribution in [0, 0.1) is 5.92 Å². The standard InChI is InChI=1S/C22H33N5O2/c1-16-11-13-26(14-12-16)21(19-15-18(28-2)9-10-20(19)29-3)22-23-24-25-27(22)17-7-5-4-6-8-17/h9-10,15-17,21H,4-8,11-14H2,1-3H3. The molecular weight excluding hydrogens is 366 g/mol. The van der Waals surface area contributed by atoms with Crippen molar-refractivity contribution in [3.63, 3.8) is 0 Å². The predicted molar refractivity (Wildman–Crippen MR) is 111 cm³/mol. The molecule has 0 radical (unpaired) electrons. The van der Waals surface area contributed by atoms with Crippen LogP contribution in [0.5, 0.6) is 11.5 Å². The number of ether oxygens (including phenoxy) is 2. The Kier molecular flexibility index (Phi) is 6.33. The highest BCUT2D eigenvalue weighted by Crippen LogP contribution is 2.39. The van der Waals surface area contributed by atoms with Gasteiger partial charge in [-0.2, -0.15) is 0 Å². The van der Waals surface area contributed by atoms with Crippen LogP contribution in [0.25, 0.3) is 0 Å². The molecule has 4 rings (SSSR count). The predicted octanol–water partition coefficient (Wildman–Crippen LogP) is 4.02. The zero-order chi connectivity index (χ0) is 20.2. The third kappa shape index (κ3) is 4.25. The van der Waals surface area contributed by atoms with Gasteiger partial charge in [-0.15, -0.1) is 5.10 Å². The van der Waals surface area contributed by atoms with E-state index in [9.17, 15) is 0 Å². The van der Waals surface area contributed by atoms with E-state index in [1.54, 1.807) is 14.2 Å². The van der Waals surface area contributed by atoms with Crippen LogP contribution < -0.4 is 9.47 Å². The van der Waals surface area contributed by atoms with E-state index in [0.717, 1.165) is 54.7 Å². The number of hydrogen-bond donors (Lipinski definition) is 0. The maximum absolute atomic E-state index is 5.76. The monoisotopic (exact) mass is 399 g/mol. The average molecular weight is 400 g/mol. The van der Waals surface area contributed by atoms with Gasteiger partial charge in [0.2, 0.25) is 0 Å². The van der Waals surface area contributed by atoms with Crippen molar-refractivity contribution in [2.45, 2.75) is 64.0 Å². The summed E-state index contributed by atoms with van der Waals surface area (Å²) in [5.74, 6) is 3.37. The number of piperidine rings is 1. The number of hydrogen-bond acceptors (Lipinski definition) is 6. The molecule has 1 aliphatic carbocycles. The molecule has 1 saturated heterocycles. The molecule has 0 bridgehead atoms. The van der Waals surface area contributed by atoms with Gasteiger partial charge in [-0.1, -0.05) is 26.2 Å². The second-order valence-corrected chi connectivity index (χ2v) is 8.50. The van der Waals surface area contributed by atoms with E-state index in [0.29, 0.717) is 6.04 Å². The van der Waals surface area contributed by atoms with E-state index in [2.05, 4.69) is 38.1 Å². The Morgan fingerprint density at radius 3 is 2.45 bits per heavy atom. The lowest BCUT2D eigenvalue weighted by Crippen LogP contribution is -2.38. The van der Waals surface area contributed by atoms with Crippen molar-refractivity contribution in [2.24, 2.45) is 5.92 Å². The number of rotatable bonds is 6. The summed E-state index contributed by atoms with van der Waals surface area (Å²) in [7, 11) is 3.43. The van der Waals surface area contributed by atoms with Gasteiger partial charge in [0.1, 0.15) is 17.5 Å². The number of nitrogens with zero attached hydrogens (tertiary/aromatic N) is 5. The Bertz CT molecular complexity index is 794. The molecule has 158 valence electrons. The van der Waals surface area contributed by atoms with Crippen molar-refractivity contribution in [2.75, 3.05) is 27.3 Å². The molecule has 1 unspecified atom stereocenters. The molecule has 1 saturated carbocycles. The minimum Gasteiger partial charge on any atom is -0.497 e. The quantitative estimate of drug-likeness (QED) is 0.731. The summed E-state index contributed by atoms with van der Waals surface area (Å²) >= 11 is 0. The summed E-state index contributed by atoms with van der Waals surface area (Å²) in [6.07, 6.45) is 8.48. The van der Waals surface area contributed by atoms with Gasteiger partial charge in [0.15, 0.2) is 5.82 Å². The summed E-state index contributed by atoms with van der Waals surface area (Å²) in [5, 5.41) is 13.1. The van der Waals surface area contributed by atoms with E-state index in [-0.39, 0.29) is 6.04 Å². The molecule has 1 atom stereocenters. The number of aromatic nitrogens is 4. The number of tetrazole rings is 1. The minimum atomic E-state index is -0.0375. The van der Waals surface area contributed by atoms with Crippen molar-refractivity contribution in [1.82, 2.24) is 25.1 Å². The fraction of sp³-hybridized carbons (Fsp3) is 0.682. The van der Waals surface area contributed by atoms with Gasteiger partial charge in [0.25, 0.3) is 0 Å². The van der Waals surface area contributed by atoms with Crippen LogP contribution in [0.4, 0.5) is 0 Å². The molecule has 0 spiro atoms. The molecule has 7 nitrogen and oxygen atoms in total. The molecule has 1 aliphatic heterocycles. The lowest BCUT2D eigenvalue weighted by atomic mass is 9.93. The third-order valence-electron chi connectivity index (χ3n) is 6.60. The Morgan fingerprint density at radius 2 is 1.76 bits per heavy atom. The first kappa shape index (κ1) is 20.1. The van der Waals surface area contributed by atoms with Crippen LogP contribution in [-0.4, -0.2) is 52.4 Å². The van der Waals surface area contributed by atoms with E-state index < -0.39 is 0 Å².